The van der Waals surface area contributed by atoms with Crippen LogP contribution in [0.25, 0.3) is 0 Å². The van der Waals surface area contributed by atoms with E-state index in [-0.39, 0.29) is 10.7 Å². The molecule has 1 aromatic carbocycles. The molecule has 80 valence electrons. The summed E-state index contributed by atoms with van der Waals surface area (Å²) in [7, 11) is 0. The lowest BCUT2D eigenvalue weighted by Gasteiger charge is -2.18. The highest BCUT2D eigenvalue weighted by atomic mass is 79.9. The first-order chi connectivity index (χ1) is 7.11. The molecule has 1 atom stereocenters. The van der Waals surface area contributed by atoms with Gasteiger partial charge < -0.3 is 4.90 Å². The number of nitrogens with zero attached hydrogens (tertiary/aromatic N) is 1. The van der Waals surface area contributed by atoms with Crippen molar-refractivity contribution in [2.45, 2.75) is 18.2 Å². The molecule has 0 radical (unpaired) electrons. The molecule has 1 amide bonds. The smallest absolute Gasteiger partial charge is 0.240 e. The number of halogens is 2. The Bertz CT molecular complexity index is 406. The first kappa shape index (κ1) is 11.1. The summed E-state index contributed by atoms with van der Waals surface area (Å²) in [5.74, 6) is 0.154. The van der Waals surface area contributed by atoms with Crippen molar-refractivity contribution in [3.05, 3.63) is 28.2 Å². The molecule has 2 rings (SSSR count). The van der Waals surface area contributed by atoms with Gasteiger partial charge in [-0.05, 0) is 40.9 Å². The monoisotopic (exact) mass is 331 g/mol. The van der Waals surface area contributed by atoms with Gasteiger partial charge in [0.15, 0.2) is 0 Å². The number of rotatable bonds is 1. The molecule has 1 fully saturated rings. The van der Waals surface area contributed by atoms with Crippen molar-refractivity contribution in [3.8, 4) is 0 Å². The molecule has 1 heterocycles. The summed E-state index contributed by atoms with van der Waals surface area (Å²) in [6.07, 6.45) is 0.874. The molecule has 0 aliphatic carbocycles. The number of hydrogen-bond donors (Lipinski definition) is 0. The van der Waals surface area contributed by atoms with Crippen LogP contribution in [0.2, 0.25) is 0 Å². The van der Waals surface area contributed by atoms with E-state index < -0.39 is 0 Å². The van der Waals surface area contributed by atoms with Crippen molar-refractivity contribution < 1.29 is 4.79 Å². The second-order valence-corrected chi connectivity index (χ2v) is 5.55. The Labute approximate surface area is 106 Å². The van der Waals surface area contributed by atoms with Gasteiger partial charge in [0.2, 0.25) is 5.91 Å². The lowest BCUT2D eigenvalue weighted by molar-refractivity contribution is -0.116. The van der Waals surface area contributed by atoms with E-state index >= 15 is 0 Å². The van der Waals surface area contributed by atoms with Gasteiger partial charge in [0.05, 0.1) is 10.5 Å². The van der Waals surface area contributed by atoms with Crippen LogP contribution >= 0.6 is 31.9 Å². The third-order valence-electron chi connectivity index (χ3n) is 2.60. The Morgan fingerprint density at radius 2 is 2.20 bits per heavy atom. The third-order valence-corrected chi connectivity index (χ3v) is 4.48. The molecule has 4 heteroatoms. The van der Waals surface area contributed by atoms with Crippen molar-refractivity contribution >= 4 is 43.5 Å². The van der Waals surface area contributed by atoms with Crippen molar-refractivity contribution in [2.24, 2.45) is 0 Å². The number of aryl methyl sites for hydroxylation is 1. The van der Waals surface area contributed by atoms with E-state index in [2.05, 4.69) is 31.9 Å². The summed E-state index contributed by atoms with van der Waals surface area (Å²) < 4.78 is 1.01. The standard InChI is InChI=1S/C11H11Br2NO/c1-7-3-2-4-9(10(7)13)14-6-5-8(12)11(14)15/h2-4,8H,5-6H2,1H3. The first-order valence-electron chi connectivity index (χ1n) is 4.82. The molecular weight excluding hydrogens is 322 g/mol. The molecule has 0 aromatic heterocycles. The van der Waals surface area contributed by atoms with Crippen LogP contribution in [0.1, 0.15) is 12.0 Å². The van der Waals surface area contributed by atoms with Crippen LogP contribution in [0.4, 0.5) is 5.69 Å². The van der Waals surface area contributed by atoms with Gasteiger partial charge in [0.1, 0.15) is 0 Å². The number of alkyl halides is 1. The lowest BCUT2D eigenvalue weighted by Crippen LogP contribution is -2.27. The number of anilines is 1. The topological polar surface area (TPSA) is 20.3 Å². The Balaban J connectivity index is 2.38. The van der Waals surface area contributed by atoms with Gasteiger partial charge in [-0.3, -0.25) is 4.79 Å². The summed E-state index contributed by atoms with van der Waals surface area (Å²) in [5.41, 5.74) is 2.13. The lowest BCUT2D eigenvalue weighted by atomic mass is 10.2. The molecule has 0 spiro atoms. The molecule has 0 N–H and O–H groups in total. The van der Waals surface area contributed by atoms with Crippen LogP contribution in [-0.4, -0.2) is 17.3 Å². The van der Waals surface area contributed by atoms with E-state index in [1.165, 1.54) is 0 Å². The van der Waals surface area contributed by atoms with E-state index in [1.807, 2.05) is 30.0 Å². The zero-order valence-electron chi connectivity index (χ0n) is 8.34. The van der Waals surface area contributed by atoms with Crippen molar-refractivity contribution in [2.75, 3.05) is 11.4 Å². The highest BCUT2D eigenvalue weighted by Crippen LogP contribution is 2.33. The fourth-order valence-electron chi connectivity index (χ4n) is 1.72. The van der Waals surface area contributed by atoms with Gasteiger partial charge in [-0.15, -0.1) is 0 Å². The van der Waals surface area contributed by atoms with Gasteiger partial charge in [-0.2, -0.15) is 0 Å². The van der Waals surface area contributed by atoms with E-state index in [0.717, 1.165) is 28.7 Å². The maximum absolute atomic E-state index is 11.8. The van der Waals surface area contributed by atoms with Crippen LogP contribution < -0.4 is 4.90 Å². The van der Waals surface area contributed by atoms with Crippen molar-refractivity contribution in [1.82, 2.24) is 0 Å². The Hall–Kier alpha value is -0.350. The molecule has 2 nitrogen and oxygen atoms in total. The van der Waals surface area contributed by atoms with Crippen LogP contribution in [-0.2, 0) is 4.79 Å². The second-order valence-electron chi connectivity index (χ2n) is 3.65. The highest BCUT2D eigenvalue weighted by molar-refractivity contribution is 9.10. The van der Waals surface area contributed by atoms with Crippen LogP contribution in [0.5, 0.6) is 0 Å². The minimum atomic E-state index is -0.0232. The molecule has 0 bridgehead atoms. The predicted molar refractivity (Wildman–Crippen MR) is 68.6 cm³/mol. The zero-order valence-corrected chi connectivity index (χ0v) is 11.5. The maximum Gasteiger partial charge on any atom is 0.240 e. The summed E-state index contributed by atoms with van der Waals surface area (Å²) in [6.45, 7) is 2.82. The van der Waals surface area contributed by atoms with Gasteiger partial charge in [0, 0.05) is 11.0 Å². The van der Waals surface area contributed by atoms with Crippen LogP contribution in [0.15, 0.2) is 22.7 Å². The van der Waals surface area contributed by atoms with Gasteiger partial charge in [-0.25, -0.2) is 0 Å². The van der Waals surface area contributed by atoms with Crippen molar-refractivity contribution in [1.29, 1.82) is 0 Å². The predicted octanol–water partition coefficient (Wildman–Crippen LogP) is 3.26. The minimum Gasteiger partial charge on any atom is -0.310 e. The quantitative estimate of drug-likeness (QED) is 0.723. The molecule has 1 saturated heterocycles. The number of amides is 1. The summed E-state index contributed by atoms with van der Waals surface area (Å²) in [4.78, 5) is 13.6. The Morgan fingerprint density at radius 1 is 1.47 bits per heavy atom. The van der Waals surface area contributed by atoms with E-state index in [0.29, 0.717) is 0 Å². The summed E-state index contributed by atoms with van der Waals surface area (Å²) in [6, 6.07) is 5.98. The summed E-state index contributed by atoms with van der Waals surface area (Å²) in [5, 5.41) is 0. The summed E-state index contributed by atoms with van der Waals surface area (Å²) >= 11 is 6.91. The first-order valence-corrected chi connectivity index (χ1v) is 6.52. The van der Waals surface area contributed by atoms with E-state index in [9.17, 15) is 4.79 Å². The minimum absolute atomic E-state index is 0.0232. The SMILES string of the molecule is Cc1cccc(N2CCC(Br)C2=O)c1Br. The molecule has 0 saturated carbocycles. The molecule has 15 heavy (non-hydrogen) atoms. The Kier molecular flexibility index (Phi) is 3.16. The number of carbonyl (C=O) groups is 1. The van der Waals surface area contributed by atoms with Crippen LogP contribution in [0, 0.1) is 6.92 Å². The van der Waals surface area contributed by atoms with Crippen LogP contribution in [0.3, 0.4) is 0 Å². The molecular formula is C11H11Br2NO. The number of benzene rings is 1. The normalized spacial score (nSPS) is 21.1. The van der Waals surface area contributed by atoms with Gasteiger partial charge in [0.25, 0.3) is 0 Å². The second kappa shape index (κ2) is 4.26. The van der Waals surface area contributed by atoms with Crippen molar-refractivity contribution in [3.63, 3.8) is 0 Å². The number of hydrogen-bond acceptors (Lipinski definition) is 1. The fourth-order valence-corrected chi connectivity index (χ4v) is 2.66. The largest absolute Gasteiger partial charge is 0.310 e. The molecule has 1 aliphatic heterocycles. The highest BCUT2D eigenvalue weighted by Gasteiger charge is 2.31. The molecule has 1 aliphatic rings. The van der Waals surface area contributed by atoms with Gasteiger partial charge in [-0.1, -0.05) is 28.1 Å². The average molecular weight is 333 g/mol. The maximum atomic E-state index is 11.8. The fraction of sp³-hybridized carbons (Fsp3) is 0.364. The van der Waals surface area contributed by atoms with E-state index in [1.54, 1.807) is 0 Å². The van der Waals surface area contributed by atoms with Gasteiger partial charge >= 0.3 is 0 Å². The van der Waals surface area contributed by atoms with E-state index in [4.69, 9.17) is 0 Å². The Morgan fingerprint density at radius 3 is 2.80 bits per heavy atom. The molecule has 1 unspecified atom stereocenters. The average Bonchev–Trinajstić information content (AvgIpc) is 2.53. The molecule has 1 aromatic rings. The number of carbonyl (C=O) groups excluding carboxylic acids is 1. The third kappa shape index (κ3) is 1.97. The zero-order chi connectivity index (χ0) is 11.0.